The molecule has 0 spiro atoms. The maximum absolute atomic E-state index is 12.0. The molecule has 0 aliphatic carbocycles. The molecule has 0 radical (unpaired) electrons. The fraction of sp³-hybridized carbons (Fsp3) is 0.824. The number of carboxylic acids is 1. The van der Waals surface area contributed by atoms with E-state index < -0.39 is 17.9 Å². The first-order valence-electron chi connectivity index (χ1n) is 16.3. The van der Waals surface area contributed by atoms with Crippen LogP contribution in [-0.2, 0) is 14.3 Å². The minimum Gasteiger partial charge on any atom is -0.481 e. The van der Waals surface area contributed by atoms with Crippen molar-refractivity contribution in [2.75, 3.05) is 6.61 Å². The Morgan fingerprint density at radius 3 is 1.45 bits per heavy atom. The van der Waals surface area contributed by atoms with Crippen LogP contribution in [0.1, 0.15) is 167 Å². The summed E-state index contributed by atoms with van der Waals surface area (Å²) in [5.41, 5.74) is 0. The Kier molecular flexibility index (Phi) is 28.7. The molecule has 4 heteroatoms. The molecule has 0 amide bonds. The summed E-state index contributed by atoms with van der Waals surface area (Å²) < 4.78 is 5.04. The maximum Gasteiger partial charge on any atom is 0.309 e. The van der Waals surface area contributed by atoms with Crippen molar-refractivity contribution in [3.05, 3.63) is 24.8 Å². The number of esters is 1. The number of hydrogen-bond donors (Lipinski definition) is 1. The topological polar surface area (TPSA) is 63.6 Å². The molecule has 0 aliphatic rings. The van der Waals surface area contributed by atoms with Crippen LogP contribution in [0.15, 0.2) is 24.8 Å². The molecule has 222 valence electrons. The number of hydrogen-bond acceptors (Lipinski definition) is 3. The highest BCUT2D eigenvalue weighted by Crippen LogP contribution is 2.18. The molecule has 0 saturated carbocycles. The highest BCUT2D eigenvalue weighted by molar-refractivity contribution is 5.79. The van der Waals surface area contributed by atoms with E-state index in [0.717, 1.165) is 19.3 Å². The molecule has 0 bridgehead atoms. The SMILES string of the molecule is C=CCOC(=O)C(CCCCCCCCC/C=C/CCCCCCCCCCCCCCCC)CC(=O)O. The monoisotopic (exact) mass is 534 g/mol. The molecule has 0 aromatic carbocycles. The van der Waals surface area contributed by atoms with Crippen LogP contribution in [0.3, 0.4) is 0 Å². The summed E-state index contributed by atoms with van der Waals surface area (Å²) in [5.74, 6) is -1.90. The molecule has 1 N–H and O–H groups in total. The average molecular weight is 535 g/mol. The lowest BCUT2D eigenvalue weighted by Gasteiger charge is -2.13. The van der Waals surface area contributed by atoms with E-state index in [9.17, 15) is 9.59 Å². The fourth-order valence-electron chi connectivity index (χ4n) is 5.00. The van der Waals surface area contributed by atoms with Gasteiger partial charge in [0.2, 0.25) is 0 Å². The standard InChI is InChI=1S/C34H62O4/c1-3-5-6-7-8-9-10-11-12-13-14-15-16-17-18-19-20-21-22-23-24-25-26-27-28-29-32(31-33(35)36)34(37)38-30-4-2/h4,19-20,32H,2-3,5-18,21-31H2,1H3,(H,35,36)/b20-19+. The Labute approximate surface area is 236 Å². The van der Waals surface area contributed by atoms with E-state index in [-0.39, 0.29) is 13.0 Å². The van der Waals surface area contributed by atoms with Gasteiger partial charge < -0.3 is 9.84 Å². The van der Waals surface area contributed by atoms with E-state index in [1.807, 2.05) is 0 Å². The van der Waals surface area contributed by atoms with Gasteiger partial charge in [-0.1, -0.05) is 154 Å². The molecule has 38 heavy (non-hydrogen) atoms. The minimum absolute atomic E-state index is 0.142. The van der Waals surface area contributed by atoms with Gasteiger partial charge in [-0.05, 0) is 32.1 Å². The molecule has 0 rings (SSSR count). The molecule has 4 nitrogen and oxygen atoms in total. The van der Waals surface area contributed by atoms with Gasteiger partial charge in [0, 0.05) is 0 Å². The predicted octanol–water partition coefficient (Wildman–Crippen LogP) is 10.7. The van der Waals surface area contributed by atoms with Crippen LogP contribution in [0.2, 0.25) is 0 Å². The number of carboxylic acid groups (broad SMARTS) is 1. The second kappa shape index (κ2) is 30.0. The number of ether oxygens (including phenoxy) is 1. The summed E-state index contributed by atoms with van der Waals surface area (Å²) in [6, 6.07) is 0. The quantitative estimate of drug-likeness (QED) is 0.0565. The van der Waals surface area contributed by atoms with Crippen LogP contribution in [-0.4, -0.2) is 23.7 Å². The number of rotatable bonds is 30. The van der Waals surface area contributed by atoms with Crippen LogP contribution in [0.5, 0.6) is 0 Å². The highest BCUT2D eigenvalue weighted by Gasteiger charge is 2.22. The number of aliphatic carboxylic acids is 1. The van der Waals surface area contributed by atoms with Gasteiger partial charge in [0.1, 0.15) is 6.61 Å². The van der Waals surface area contributed by atoms with Gasteiger partial charge in [-0.15, -0.1) is 0 Å². The number of allylic oxidation sites excluding steroid dienone is 2. The van der Waals surface area contributed by atoms with Crippen molar-refractivity contribution in [3.63, 3.8) is 0 Å². The van der Waals surface area contributed by atoms with Gasteiger partial charge >= 0.3 is 11.9 Å². The zero-order valence-electron chi connectivity index (χ0n) is 25.1. The second-order valence-electron chi connectivity index (χ2n) is 11.1. The van der Waals surface area contributed by atoms with Gasteiger partial charge in [0.05, 0.1) is 12.3 Å². The average Bonchev–Trinajstić information content (AvgIpc) is 2.90. The molecular formula is C34H62O4. The normalized spacial score (nSPS) is 12.1. The van der Waals surface area contributed by atoms with Gasteiger partial charge in [-0.2, -0.15) is 0 Å². The summed E-state index contributed by atoms with van der Waals surface area (Å²) in [6.07, 6.45) is 37.1. The lowest BCUT2D eigenvalue weighted by Crippen LogP contribution is -2.21. The molecule has 0 saturated heterocycles. The third-order valence-electron chi connectivity index (χ3n) is 7.41. The summed E-state index contributed by atoms with van der Waals surface area (Å²) in [7, 11) is 0. The molecule has 0 heterocycles. The first-order chi connectivity index (χ1) is 18.6. The molecule has 0 aromatic rings. The molecule has 1 atom stereocenters. The van der Waals surface area contributed by atoms with Gasteiger partial charge in [-0.3, -0.25) is 9.59 Å². The van der Waals surface area contributed by atoms with E-state index >= 15 is 0 Å². The Bertz CT molecular complexity index is 569. The Balaban J connectivity index is 3.39. The molecule has 1 unspecified atom stereocenters. The van der Waals surface area contributed by atoms with Crippen molar-refractivity contribution in [3.8, 4) is 0 Å². The summed E-state index contributed by atoms with van der Waals surface area (Å²) >= 11 is 0. The van der Waals surface area contributed by atoms with E-state index in [1.54, 1.807) is 0 Å². The van der Waals surface area contributed by atoms with Crippen molar-refractivity contribution in [2.24, 2.45) is 5.92 Å². The Morgan fingerprint density at radius 1 is 0.658 bits per heavy atom. The fourth-order valence-corrected chi connectivity index (χ4v) is 5.00. The first-order valence-corrected chi connectivity index (χ1v) is 16.3. The zero-order chi connectivity index (χ0) is 27.9. The first kappa shape index (κ1) is 36.4. The molecular weight excluding hydrogens is 472 g/mol. The lowest BCUT2D eigenvalue weighted by atomic mass is 9.97. The summed E-state index contributed by atoms with van der Waals surface area (Å²) in [6.45, 7) is 5.95. The summed E-state index contributed by atoms with van der Waals surface area (Å²) in [4.78, 5) is 23.0. The lowest BCUT2D eigenvalue weighted by molar-refractivity contribution is -0.152. The second-order valence-corrected chi connectivity index (χ2v) is 11.1. The van der Waals surface area contributed by atoms with E-state index in [1.165, 1.54) is 134 Å². The van der Waals surface area contributed by atoms with Crippen molar-refractivity contribution in [2.45, 2.75) is 167 Å². The largest absolute Gasteiger partial charge is 0.481 e. The minimum atomic E-state index is -0.945. The number of unbranched alkanes of at least 4 members (excludes halogenated alkanes) is 21. The van der Waals surface area contributed by atoms with Gasteiger partial charge in [-0.25, -0.2) is 0 Å². The van der Waals surface area contributed by atoms with Crippen LogP contribution >= 0.6 is 0 Å². The highest BCUT2D eigenvalue weighted by atomic mass is 16.5. The van der Waals surface area contributed by atoms with Gasteiger partial charge in [0.15, 0.2) is 0 Å². The van der Waals surface area contributed by atoms with E-state index in [2.05, 4.69) is 25.7 Å². The summed E-state index contributed by atoms with van der Waals surface area (Å²) in [5, 5.41) is 9.02. The molecule has 0 fully saturated rings. The van der Waals surface area contributed by atoms with E-state index in [0.29, 0.717) is 6.42 Å². The van der Waals surface area contributed by atoms with E-state index in [4.69, 9.17) is 9.84 Å². The predicted molar refractivity (Wildman–Crippen MR) is 163 cm³/mol. The van der Waals surface area contributed by atoms with Crippen LogP contribution < -0.4 is 0 Å². The zero-order valence-corrected chi connectivity index (χ0v) is 25.1. The Hall–Kier alpha value is -1.58. The molecule has 0 aliphatic heterocycles. The van der Waals surface area contributed by atoms with Crippen molar-refractivity contribution >= 4 is 11.9 Å². The van der Waals surface area contributed by atoms with Crippen LogP contribution in [0, 0.1) is 5.92 Å². The smallest absolute Gasteiger partial charge is 0.309 e. The number of carbonyl (C=O) groups is 2. The van der Waals surface area contributed by atoms with Crippen LogP contribution in [0.25, 0.3) is 0 Å². The molecule has 0 aromatic heterocycles. The maximum atomic E-state index is 12.0. The third kappa shape index (κ3) is 27.5. The third-order valence-corrected chi connectivity index (χ3v) is 7.41. The van der Waals surface area contributed by atoms with Crippen molar-refractivity contribution in [1.82, 2.24) is 0 Å². The van der Waals surface area contributed by atoms with Crippen LogP contribution in [0.4, 0.5) is 0 Å². The van der Waals surface area contributed by atoms with Crippen molar-refractivity contribution < 1.29 is 19.4 Å². The number of carbonyl (C=O) groups excluding carboxylic acids is 1. The van der Waals surface area contributed by atoms with Crippen molar-refractivity contribution in [1.29, 1.82) is 0 Å². The van der Waals surface area contributed by atoms with Gasteiger partial charge in [0.25, 0.3) is 0 Å². The Morgan fingerprint density at radius 2 is 1.05 bits per heavy atom.